The summed E-state index contributed by atoms with van der Waals surface area (Å²) in [5, 5.41) is 0. The van der Waals surface area contributed by atoms with Crippen molar-refractivity contribution >= 4 is 0 Å². The van der Waals surface area contributed by atoms with Crippen LogP contribution in [0.3, 0.4) is 0 Å². The summed E-state index contributed by atoms with van der Waals surface area (Å²) in [4.78, 5) is 0. The van der Waals surface area contributed by atoms with Crippen molar-refractivity contribution in [2.45, 2.75) is 18.4 Å². The van der Waals surface area contributed by atoms with Gasteiger partial charge in [-0.1, -0.05) is 18.2 Å². The van der Waals surface area contributed by atoms with Gasteiger partial charge in [0.05, 0.1) is 12.7 Å². The van der Waals surface area contributed by atoms with Crippen LogP contribution in [0.25, 0.3) is 0 Å². The molecule has 0 aromatic heterocycles. The molecular formula is C11H14O2. The normalized spacial score (nSPS) is 18.3. The third-order valence-corrected chi connectivity index (χ3v) is 2.69. The van der Waals surface area contributed by atoms with E-state index in [1.165, 1.54) is 5.56 Å². The van der Waals surface area contributed by atoms with Crippen LogP contribution in [0, 0.1) is 0 Å². The Morgan fingerprint density at radius 1 is 1.15 bits per heavy atom. The fraction of sp³-hybridized carbons (Fsp3) is 0.455. The van der Waals surface area contributed by atoms with Gasteiger partial charge < -0.3 is 9.47 Å². The first-order chi connectivity index (χ1) is 6.32. The Balaban J connectivity index is 2.39. The molecule has 2 rings (SSSR count). The van der Waals surface area contributed by atoms with Gasteiger partial charge in [0.2, 0.25) is 0 Å². The molecule has 1 aliphatic carbocycles. The third kappa shape index (κ3) is 1.31. The molecule has 0 saturated heterocycles. The molecule has 0 spiro atoms. The molecule has 2 heteroatoms. The smallest absolute Gasteiger partial charge is 0.124 e. The summed E-state index contributed by atoms with van der Waals surface area (Å²) in [6.07, 6.45) is 2.20. The molecule has 0 bridgehead atoms. The second-order valence-electron chi connectivity index (χ2n) is 3.40. The number of para-hydroxylation sites is 1. The van der Waals surface area contributed by atoms with Gasteiger partial charge in [-0.15, -0.1) is 0 Å². The molecule has 0 N–H and O–H groups in total. The molecule has 0 radical (unpaired) electrons. The first kappa shape index (κ1) is 8.57. The van der Waals surface area contributed by atoms with E-state index in [4.69, 9.17) is 9.47 Å². The van der Waals surface area contributed by atoms with Crippen molar-refractivity contribution in [1.29, 1.82) is 0 Å². The molecule has 1 aliphatic rings. The van der Waals surface area contributed by atoms with Crippen molar-refractivity contribution in [3.63, 3.8) is 0 Å². The van der Waals surface area contributed by atoms with Crippen LogP contribution in [0.2, 0.25) is 0 Å². The molecule has 0 heterocycles. The van der Waals surface area contributed by atoms with E-state index < -0.39 is 0 Å². The SMILES string of the molecule is COc1ccccc1C1(OC)CC1. The predicted octanol–water partition coefficient (Wildman–Crippen LogP) is 2.33. The Bertz CT molecular complexity index is 303. The molecule has 0 atom stereocenters. The highest BCUT2D eigenvalue weighted by Crippen LogP contribution is 2.51. The van der Waals surface area contributed by atoms with E-state index in [1.807, 2.05) is 18.2 Å². The number of methoxy groups -OCH3 is 2. The van der Waals surface area contributed by atoms with E-state index >= 15 is 0 Å². The summed E-state index contributed by atoms with van der Waals surface area (Å²) in [6, 6.07) is 8.06. The molecular weight excluding hydrogens is 164 g/mol. The first-order valence-electron chi connectivity index (χ1n) is 4.51. The average molecular weight is 178 g/mol. The van der Waals surface area contributed by atoms with Crippen LogP contribution in [0.1, 0.15) is 18.4 Å². The van der Waals surface area contributed by atoms with Gasteiger partial charge in [-0.3, -0.25) is 0 Å². The van der Waals surface area contributed by atoms with Gasteiger partial charge in [0.1, 0.15) is 5.75 Å². The Hall–Kier alpha value is -1.02. The number of ether oxygens (including phenoxy) is 2. The molecule has 1 aromatic carbocycles. The van der Waals surface area contributed by atoms with E-state index in [2.05, 4.69) is 6.07 Å². The number of benzene rings is 1. The Morgan fingerprint density at radius 3 is 2.38 bits per heavy atom. The first-order valence-corrected chi connectivity index (χ1v) is 4.51. The quantitative estimate of drug-likeness (QED) is 0.707. The highest BCUT2D eigenvalue weighted by molar-refractivity contribution is 5.41. The number of hydrogen-bond donors (Lipinski definition) is 0. The summed E-state index contributed by atoms with van der Waals surface area (Å²) >= 11 is 0. The standard InChI is InChI=1S/C11H14O2/c1-12-10-6-4-3-5-9(10)11(13-2)7-8-11/h3-6H,7-8H2,1-2H3. The zero-order valence-corrected chi connectivity index (χ0v) is 8.04. The van der Waals surface area contributed by atoms with Gasteiger partial charge in [0, 0.05) is 12.7 Å². The summed E-state index contributed by atoms with van der Waals surface area (Å²) in [5.74, 6) is 0.932. The summed E-state index contributed by atoms with van der Waals surface area (Å²) in [5.41, 5.74) is 1.13. The second-order valence-corrected chi connectivity index (χ2v) is 3.40. The minimum atomic E-state index is -0.0490. The van der Waals surface area contributed by atoms with E-state index in [0.717, 1.165) is 18.6 Å². The molecule has 1 aromatic rings. The minimum absolute atomic E-state index is 0.0490. The lowest BCUT2D eigenvalue weighted by atomic mass is 10.1. The molecule has 70 valence electrons. The Kier molecular flexibility index (Phi) is 2.00. The van der Waals surface area contributed by atoms with E-state index in [-0.39, 0.29) is 5.60 Å². The molecule has 1 saturated carbocycles. The van der Waals surface area contributed by atoms with Crippen LogP contribution in [0.15, 0.2) is 24.3 Å². The maximum atomic E-state index is 5.50. The van der Waals surface area contributed by atoms with Crippen LogP contribution < -0.4 is 4.74 Å². The monoisotopic (exact) mass is 178 g/mol. The number of rotatable bonds is 3. The number of hydrogen-bond acceptors (Lipinski definition) is 2. The van der Waals surface area contributed by atoms with Gasteiger partial charge in [-0.25, -0.2) is 0 Å². The van der Waals surface area contributed by atoms with Gasteiger partial charge in [-0.2, -0.15) is 0 Å². The van der Waals surface area contributed by atoms with Gasteiger partial charge >= 0.3 is 0 Å². The average Bonchev–Trinajstić information content (AvgIpc) is 2.98. The predicted molar refractivity (Wildman–Crippen MR) is 50.9 cm³/mol. The lowest BCUT2D eigenvalue weighted by Gasteiger charge is -2.16. The summed E-state index contributed by atoms with van der Waals surface area (Å²) < 4.78 is 10.8. The van der Waals surface area contributed by atoms with E-state index in [0.29, 0.717) is 0 Å². The lowest BCUT2D eigenvalue weighted by molar-refractivity contribution is 0.0766. The van der Waals surface area contributed by atoms with Crippen LogP contribution in [0.5, 0.6) is 5.75 Å². The lowest BCUT2D eigenvalue weighted by Crippen LogP contribution is -2.10. The van der Waals surface area contributed by atoms with Crippen molar-refractivity contribution in [2.75, 3.05) is 14.2 Å². The van der Waals surface area contributed by atoms with Gasteiger partial charge in [0.15, 0.2) is 0 Å². The van der Waals surface area contributed by atoms with Crippen LogP contribution in [-0.4, -0.2) is 14.2 Å². The highest BCUT2D eigenvalue weighted by atomic mass is 16.5. The van der Waals surface area contributed by atoms with Crippen molar-refractivity contribution in [2.24, 2.45) is 0 Å². The Morgan fingerprint density at radius 2 is 1.85 bits per heavy atom. The highest BCUT2D eigenvalue weighted by Gasteiger charge is 2.46. The maximum Gasteiger partial charge on any atom is 0.124 e. The molecule has 0 amide bonds. The zero-order chi connectivity index (χ0) is 9.31. The van der Waals surface area contributed by atoms with Crippen molar-refractivity contribution in [1.82, 2.24) is 0 Å². The van der Waals surface area contributed by atoms with E-state index in [9.17, 15) is 0 Å². The van der Waals surface area contributed by atoms with Gasteiger partial charge in [-0.05, 0) is 18.9 Å². The molecule has 0 unspecified atom stereocenters. The van der Waals surface area contributed by atoms with Crippen LogP contribution in [-0.2, 0) is 10.3 Å². The fourth-order valence-electron chi connectivity index (χ4n) is 1.72. The van der Waals surface area contributed by atoms with Crippen molar-refractivity contribution in [3.05, 3.63) is 29.8 Å². The zero-order valence-electron chi connectivity index (χ0n) is 8.04. The minimum Gasteiger partial charge on any atom is -0.496 e. The molecule has 0 aliphatic heterocycles. The maximum absolute atomic E-state index is 5.50. The molecule has 13 heavy (non-hydrogen) atoms. The molecule has 2 nitrogen and oxygen atoms in total. The molecule has 1 fully saturated rings. The third-order valence-electron chi connectivity index (χ3n) is 2.69. The second kappa shape index (κ2) is 3.04. The van der Waals surface area contributed by atoms with E-state index in [1.54, 1.807) is 14.2 Å². The summed E-state index contributed by atoms with van der Waals surface area (Å²) in [7, 11) is 3.46. The van der Waals surface area contributed by atoms with Crippen LogP contribution in [0.4, 0.5) is 0 Å². The Labute approximate surface area is 78.5 Å². The van der Waals surface area contributed by atoms with Crippen molar-refractivity contribution < 1.29 is 9.47 Å². The van der Waals surface area contributed by atoms with Crippen LogP contribution >= 0.6 is 0 Å². The topological polar surface area (TPSA) is 18.5 Å². The largest absolute Gasteiger partial charge is 0.496 e. The fourth-order valence-corrected chi connectivity index (χ4v) is 1.72. The summed E-state index contributed by atoms with van der Waals surface area (Å²) in [6.45, 7) is 0. The van der Waals surface area contributed by atoms with Gasteiger partial charge in [0.25, 0.3) is 0 Å². The van der Waals surface area contributed by atoms with Crippen molar-refractivity contribution in [3.8, 4) is 5.75 Å².